The van der Waals surface area contributed by atoms with Crippen LogP contribution in [-0.2, 0) is 19.5 Å². The molecule has 0 radical (unpaired) electrons. The molecular formula is C25H29N5O3. The summed E-state index contributed by atoms with van der Waals surface area (Å²) in [7, 11) is 0. The minimum Gasteiger partial charge on any atom is -0.454 e. The molecule has 2 aromatic carbocycles. The quantitative estimate of drug-likeness (QED) is 0.417. The van der Waals surface area contributed by atoms with E-state index < -0.39 is 0 Å². The zero-order valence-corrected chi connectivity index (χ0v) is 19.2. The molecule has 172 valence electrons. The maximum Gasteiger partial charge on any atom is 0.258 e. The van der Waals surface area contributed by atoms with Crippen molar-refractivity contribution in [2.45, 2.75) is 46.7 Å². The highest BCUT2D eigenvalue weighted by molar-refractivity contribution is 6.10. The summed E-state index contributed by atoms with van der Waals surface area (Å²) in [6.07, 6.45) is 3.94. The Morgan fingerprint density at radius 3 is 2.82 bits per heavy atom. The monoisotopic (exact) mass is 447 g/mol. The third kappa shape index (κ3) is 5.52. The lowest BCUT2D eigenvalue weighted by atomic mass is 10.1. The lowest BCUT2D eigenvalue weighted by Crippen LogP contribution is -2.36. The number of ether oxygens (including phenoxy) is 2. The number of carbonyl (C=O) groups is 1. The number of carbonyl (C=O) groups excluding carboxylic acids is 1. The summed E-state index contributed by atoms with van der Waals surface area (Å²) in [4.78, 5) is 17.7. The van der Waals surface area contributed by atoms with Crippen LogP contribution in [0.2, 0.25) is 0 Å². The van der Waals surface area contributed by atoms with Gasteiger partial charge in [0, 0.05) is 29.6 Å². The minimum absolute atomic E-state index is 0.160. The number of hydrogen-bond donors (Lipinski definition) is 2. The Labute approximate surface area is 193 Å². The molecule has 4 rings (SSSR count). The summed E-state index contributed by atoms with van der Waals surface area (Å²) in [6.45, 7) is 7.61. The largest absolute Gasteiger partial charge is 0.454 e. The number of aromatic nitrogens is 2. The highest BCUT2D eigenvalue weighted by atomic mass is 16.7. The molecule has 33 heavy (non-hydrogen) atoms. The molecule has 0 fully saturated rings. The first-order valence-corrected chi connectivity index (χ1v) is 11.2. The van der Waals surface area contributed by atoms with Gasteiger partial charge in [-0.1, -0.05) is 26.0 Å². The third-order valence-electron chi connectivity index (χ3n) is 5.37. The first-order valence-electron chi connectivity index (χ1n) is 11.2. The van der Waals surface area contributed by atoms with Gasteiger partial charge in [0.2, 0.25) is 12.8 Å². The second-order valence-electron chi connectivity index (χ2n) is 7.87. The van der Waals surface area contributed by atoms with Gasteiger partial charge in [-0.05, 0) is 55.7 Å². The van der Waals surface area contributed by atoms with Gasteiger partial charge in [0.1, 0.15) is 0 Å². The molecule has 0 unspecified atom stereocenters. The minimum atomic E-state index is -0.287. The van der Waals surface area contributed by atoms with Crippen LogP contribution in [0.25, 0.3) is 0 Å². The smallest absolute Gasteiger partial charge is 0.258 e. The fraction of sp³-hybridized carbons (Fsp3) is 0.320. The van der Waals surface area contributed by atoms with Crippen LogP contribution in [0.15, 0.2) is 53.7 Å². The van der Waals surface area contributed by atoms with Crippen molar-refractivity contribution >= 4 is 17.6 Å². The average molecular weight is 448 g/mol. The molecule has 1 aliphatic rings. The van der Waals surface area contributed by atoms with Crippen LogP contribution in [0.4, 0.5) is 5.69 Å². The van der Waals surface area contributed by atoms with Crippen molar-refractivity contribution in [3.8, 4) is 11.5 Å². The van der Waals surface area contributed by atoms with Crippen LogP contribution < -0.4 is 20.1 Å². The molecule has 0 saturated heterocycles. The molecule has 0 aliphatic carbocycles. The second kappa shape index (κ2) is 10.2. The highest BCUT2D eigenvalue weighted by Gasteiger charge is 2.17. The van der Waals surface area contributed by atoms with Crippen LogP contribution in [0.1, 0.15) is 47.4 Å². The van der Waals surface area contributed by atoms with Gasteiger partial charge in [0.25, 0.3) is 5.91 Å². The predicted molar refractivity (Wildman–Crippen MR) is 128 cm³/mol. The number of nitrogens with zero attached hydrogens (tertiary/aromatic N) is 3. The van der Waals surface area contributed by atoms with Gasteiger partial charge in [-0.15, -0.1) is 0 Å². The van der Waals surface area contributed by atoms with Gasteiger partial charge in [-0.3, -0.25) is 14.8 Å². The van der Waals surface area contributed by atoms with Crippen molar-refractivity contribution in [1.29, 1.82) is 0 Å². The van der Waals surface area contributed by atoms with E-state index in [4.69, 9.17) is 9.47 Å². The molecular weight excluding hydrogens is 418 g/mol. The number of aryl methyl sites for hydroxylation is 3. The van der Waals surface area contributed by atoms with Crippen LogP contribution in [0.5, 0.6) is 11.5 Å². The average Bonchev–Trinajstić information content (AvgIpc) is 3.43. The van der Waals surface area contributed by atoms with Crippen LogP contribution in [0.3, 0.4) is 0 Å². The Morgan fingerprint density at radius 2 is 2.00 bits per heavy atom. The molecule has 3 aromatic rings. The maximum atomic E-state index is 13.0. The van der Waals surface area contributed by atoms with Crippen molar-refractivity contribution in [1.82, 2.24) is 15.1 Å². The van der Waals surface area contributed by atoms with Crippen molar-refractivity contribution < 1.29 is 14.3 Å². The zero-order chi connectivity index (χ0) is 23.2. The van der Waals surface area contributed by atoms with E-state index in [2.05, 4.69) is 40.6 Å². The molecule has 1 amide bonds. The van der Waals surface area contributed by atoms with E-state index in [0.29, 0.717) is 29.6 Å². The Morgan fingerprint density at radius 1 is 1.15 bits per heavy atom. The number of amides is 1. The van der Waals surface area contributed by atoms with Gasteiger partial charge < -0.3 is 14.8 Å². The SMILES string of the molecule is CCCn1cc(CN=C(NC(=O)c2ccc3c(c2)OCO3)Nc2cccc(CC)c2)c(C)n1. The number of hydrogen-bond acceptors (Lipinski definition) is 5. The fourth-order valence-electron chi connectivity index (χ4n) is 3.56. The normalized spacial score (nSPS) is 12.6. The predicted octanol–water partition coefficient (Wildman–Crippen LogP) is 4.29. The standard InChI is InChI=1S/C25H29N5O3/c1-4-11-30-15-20(17(3)29-30)14-26-25(27-21-8-6-7-18(5-2)12-21)28-24(31)19-9-10-22-23(13-19)33-16-32-22/h6-10,12-13,15H,4-5,11,14,16H2,1-3H3,(H2,26,27,28,31). The van der Waals surface area contributed by atoms with Gasteiger partial charge in [0.05, 0.1) is 12.2 Å². The van der Waals surface area contributed by atoms with Crippen molar-refractivity contribution in [3.05, 3.63) is 71.0 Å². The van der Waals surface area contributed by atoms with Gasteiger partial charge >= 0.3 is 0 Å². The molecule has 1 aliphatic heterocycles. The summed E-state index contributed by atoms with van der Waals surface area (Å²) in [6, 6.07) is 13.2. The number of nitrogens with one attached hydrogen (secondary N) is 2. The second-order valence-corrected chi connectivity index (χ2v) is 7.87. The highest BCUT2D eigenvalue weighted by Crippen LogP contribution is 2.32. The van der Waals surface area contributed by atoms with E-state index in [1.54, 1.807) is 18.2 Å². The fourth-order valence-corrected chi connectivity index (χ4v) is 3.56. The number of aliphatic imine (C=N–C) groups is 1. The van der Waals surface area contributed by atoms with Crippen LogP contribution in [-0.4, -0.2) is 28.4 Å². The summed E-state index contributed by atoms with van der Waals surface area (Å²) < 4.78 is 12.7. The zero-order valence-electron chi connectivity index (χ0n) is 19.2. The Bertz CT molecular complexity index is 1170. The molecule has 2 heterocycles. The first-order chi connectivity index (χ1) is 16.1. The number of rotatable bonds is 7. The van der Waals surface area contributed by atoms with E-state index in [-0.39, 0.29) is 12.7 Å². The first kappa shape index (κ1) is 22.4. The van der Waals surface area contributed by atoms with Crippen molar-refractivity contribution in [3.63, 3.8) is 0 Å². The number of anilines is 1. The molecule has 8 nitrogen and oxygen atoms in total. The number of benzene rings is 2. The summed E-state index contributed by atoms with van der Waals surface area (Å²) in [5, 5.41) is 10.7. The van der Waals surface area contributed by atoms with E-state index in [0.717, 1.165) is 36.3 Å². The molecule has 0 saturated carbocycles. The van der Waals surface area contributed by atoms with E-state index in [1.807, 2.05) is 36.0 Å². The van der Waals surface area contributed by atoms with Gasteiger partial charge in [-0.2, -0.15) is 5.10 Å². The van der Waals surface area contributed by atoms with Gasteiger partial charge in [-0.25, -0.2) is 4.99 Å². The number of fused-ring (bicyclic) bond motifs is 1. The lowest BCUT2D eigenvalue weighted by Gasteiger charge is -2.13. The Balaban J connectivity index is 1.56. The Kier molecular flexibility index (Phi) is 6.92. The van der Waals surface area contributed by atoms with Crippen LogP contribution in [0, 0.1) is 6.92 Å². The Hall–Kier alpha value is -3.81. The summed E-state index contributed by atoms with van der Waals surface area (Å²) in [5.41, 5.74) is 4.46. The molecule has 8 heteroatoms. The van der Waals surface area contributed by atoms with Crippen molar-refractivity contribution in [2.24, 2.45) is 4.99 Å². The molecule has 1 aromatic heterocycles. The summed E-state index contributed by atoms with van der Waals surface area (Å²) in [5.74, 6) is 1.27. The molecule has 0 bridgehead atoms. The van der Waals surface area contributed by atoms with Gasteiger partial charge in [0.15, 0.2) is 11.5 Å². The van der Waals surface area contributed by atoms with E-state index >= 15 is 0 Å². The molecule has 2 N–H and O–H groups in total. The van der Waals surface area contributed by atoms with E-state index in [9.17, 15) is 4.79 Å². The maximum absolute atomic E-state index is 13.0. The third-order valence-corrected chi connectivity index (χ3v) is 5.37. The lowest BCUT2D eigenvalue weighted by molar-refractivity contribution is 0.0976. The molecule has 0 atom stereocenters. The van der Waals surface area contributed by atoms with Crippen molar-refractivity contribution in [2.75, 3.05) is 12.1 Å². The van der Waals surface area contributed by atoms with Crippen LogP contribution >= 0.6 is 0 Å². The topological polar surface area (TPSA) is 89.8 Å². The molecule has 0 spiro atoms. The number of guanidine groups is 1. The van der Waals surface area contributed by atoms with E-state index in [1.165, 1.54) is 5.56 Å². The summed E-state index contributed by atoms with van der Waals surface area (Å²) >= 11 is 0.